The minimum absolute atomic E-state index is 0.499. The molecule has 0 aliphatic rings. The Labute approximate surface area is 119 Å². The molecule has 4 heteroatoms. The molecule has 2 aromatic rings. The van der Waals surface area contributed by atoms with E-state index in [0.29, 0.717) is 13.2 Å². The van der Waals surface area contributed by atoms with Crippen LogP contribution in [0.25, 0.3) is 0 Å². The summed E-state index contributed by atoms with van der Waals surface area (Å²) in [5.41, 5.74) is 2.13. The standard InChI is InChI=1S/C16H20N2O2/c1-13-7-8-15(12-18-13)19-9-10-20-16-6-4-3-5-14(16)11-17-2/h3-8,12,17H,9-11H2,1-2H3. The maximum absolute atomic E-state index is 5.75. The third-order valence-electron chi connectivity index (χ3n) is 2.83. The predicted octanol–water partition coefficient (Wildman–Crippen LogP) is 2.57. The van der Waals surface area contributed by atoms with E-state index >= 15 is 0 Å². The van der Waals surface area contributed by atoms with Crippen LogP contribution in [0.2, 0.25) is 0 Å². The third-order valence-corrected chi connectivity index (χ3v) is 2.83. The van der Waals surface area contributed by atoms with Gasteiger partial charge < -0.3 is 14.8 Å². The summed E-state index contributed by atoms with van der Waals surface area (Å²) in [6.07, 6.45) is 1.73. The molecule has 1 aromatic carbocycles. The number of ether oxygens (including phenoxy) is 2. The van der Waals surface area contributed by atoms with Crippen molar-refractivity contribution < 1.29 is 9.47 Å². The molecule has 0 spiro atoms. The van der Waals surface area contributed by atoms with Gasteiger partial charge in [0.25, 0.3) is 0 Å². The Morgan fingerprint density at radius 3 is 2.60 bits per heavy atom. The molecule has 0 atom stereocenters. The molecule has 1 heterocycles. The van der Waals surface area contributed by atoms with Crippen molar-refractivity contribution in [3.05, 3.63) is 53.9 Å². The van der Waals surface area contributed by atoms with Gasteiger partial charge in [0.2, 0.25) is 0 Å². The average Bonchev–Trinajstić information content (AvgIpc) is 2.47. The summed E-state index contributed by atoms with van der Waals surface area (Å²) in [6.45, 7) is 3.75. The van der Waals surface area contributed by atoms with E-state index in [1.807, 2.05) is 44.3 Å². The summed E-state index contributed by atoms with van der Waals surface area (Å²) in [5, 5.41) is 3.13. The van der Waals surface area contributed by atoms with Crippen LogP contribution in [-0.2, 0) is 6.54 Å². The van der Waals surface area contributed by atoms with Crippen LogP contribution < -0.4 is 14.8 Å². The normalized spacial score (nSPS) is 10.3. The highest BCUT2D eigenvalue weighted by Crippen LogP contribution is 2.17. The smallest absolute Gasteiger partial charge is 0.137 e. The van der Waals surface area contributed by atoms with Gasteiger partial charge in [-0.3, -0.25) is 4.98 Å². The van der Waals surface area contributed by atoms with Gasteiger partial charge in [-0.05, 0) is 32.2 Å². The molecule has 0 aliphatic heterocycles. The fourth-order valence-corrected chi connectivity index (χ4v) is 1.83. The molecule has 2 rings (SSSR count). The Bertz CT molecular complexity index is 526. The first kappa shape index (κ1) is 14.3. The molecule has 1 N–H and O–H groups in total. The van der Waals surface area contributed by atoms with Crippen LogP contribution in [-0.4, -0.2) is 25.2 Å². The van der Waals surface area contributed by atoms with Crippen molar-refractivity contribution in [1.82, 2.24) is 10.3 Å². The number of aryl methyl sites for hydroxylation is 1. The fourth-order valence-electron chi connectivity index (χ4n) is 1.83. The highest BCUT2D eigenvalue weighted by molar-refractivity contribution is 5.33. The van der Waals surface area contributed by atoms with E-state index in [9.17, 15) is 0 Å². The number of hydrogen-bond donors (Lipinski definition) is 1. The average molecular weight is 272 g/mol. The van der Waals surface area contributed by atoms with Crippen LogP contribution in [0.1, 0.15) is 11.3 Å². The van der Waals surface area contributed by atoms with Crippen LogP contribution in [0.4, 0.5) is 0 Å². The van der Waals surface area contributed by atoms with E-state index in [2.05, 4.69) is 16.4 Å². The first-order valence-corrected chi connectivity index (χ1v) is 6.70. The number of hydrogen-bond acceptors (Lipinski definition) is 4. The Morgan fingerprint density at radius 1 is 1.05 bits per heavy atom. The summed E-state index contributed by atoms with van der Waals surface area (Å²) in [5.74, 6) is 1.66. The van der Waals surface area contributed by atoms with Crippen LogP contribution in [0.3, 0.4) is 0 Å². The highest BCUT2D eigenvalue weighted by atomic mass is 16.5. The first-order chi connectivity index (χ1) is 9.79. The van der Waals surface area contributed by atoms with E-state index in [0.717, 1.165) is 29.3 Å². The molecule has 0 radical (unpaired) electrons. The van der Waals surface area contributed by atoms with E-state index in [-0.39, 0.29) is 0 Å². The maximum Gasteiger partial charge on any atom is 0.137 e. The lowest BCUT2D eigenvalue weighted by Crippen LogP contribution is -2.12. The van der Waals surface area contributed by atoms with Crippen molar-refractivity contribution in [3.63, 3.8) is 0 Å². The van der Waals surface area contributed by atoms with Crippen LogP contribution in [0, 0.1) is 6.92 Å². The van der Waals surface area contributed by atoms with Gasteiger partial charge in [-0.2, -0.15) is 0 Å². The van der Waals surface area contributed by atoms with Gasteiger partial charge >= 0.3 is 0 Å². The van der Waals surface area contributed by atoms with Gasteiger partial charge in [0.1, 0.15) is 24.7 Å². The quantitative estimate of drug-likeness (QED) is 0.787. The Balaban J connectivity index is 1.79. The zero-order chi connectivity index (χ0) is 14.2. The largest absolute Gasteiger partial charge is 0.490 e. The number of aromatic nitrogens is 1. The molecule has 0 fully saturated rings. The van der Waals surface area contributed by atoms with E-state index in [4.69, 9.17) is 9.47 Å². The molecule has 0 saturated carbocycles. The summed E-state index contributed by atoms with van der Waals surface area (Å²) >= 11 is 0. The molecule has 20 heavy (non-hydrogen) atoms. The van der Waals surface area contributed by atoms with Gasteiger partial charge in [0, 0.05) is 17.8 Å². The Hall–Kier alpha value is -2.07. The first-order valence-electron chi connectivity index (χ1n) is 6.70. The second-order valence-corrected chi connectivity index (χ2v) is 4.47. The minimum Gasteiger partial charge on any atom is -0.490 e. The molecule has 0 aliphatic carbocycles. The van der Waals surface area contributed by atoms with E-state index in [1.54, 1.807) is 6.20 Å². The van der Waals surface area contributed by atoms with Gasteiger partial charge in [0.05, 0.1) is 6.20 Å². The number of para-hydroxylation sites is 1. The second-order valence-electron chi connectivity index (χ2n) is 4.47. The van der Waals surface area contributed by atoms with Crippen molar-refractivity contribution in [3.8, 4) is 11.5 Å². The summed E-state index contributed by atoms with van der Waals surface area (Å²) in [4.78, 5) is 4.18. The predicted molar refractivity (Wildman–Crippen MR) is 79.2 cm³/mol. The molecular formula is C16H20N2O2. The van der Waals surface area contributed by atoms with Crippen LogP contribution >= 0.6 is 0 Å². The van der Waals surface area contributed by atoms with Gasteiger partial charge in [0.15, 0.2) is 0 Å². The summed E-state index contributed by atoms with van der Waals surface area (Å²) in [6, 6.07) is 11.8. The number of pyridine rings is 1. The Kier molecular flexibility index (Phi) is 5.38. The zero-order valence-corrected chi connectivity index (χ0v) is 11.9. The van der Waals surface area contributed by atoms with Crippen molar-refractivity contribution in [2.45, 2.75) is 13.5 Å². The van der Waals surface area contributed by atoms with Crippen molar-refractivity contribution >= 4 is 0 Å². The number of benzene rings is 1. The molecule has 0 unspecified atom stereocenters. The van der Waals surface area contributed by atoms with Crippen molar-refractivity contribution in [2.75, 3.05) is 20.3 Å². The van der Waals surface area contributed by atoms with Gasteiger partial charge in [-0.25, -0.2) is 0 Å². The summed E-state index contributed by atoms with van der Waals surface area (Å²) in [7, 11) is 1.92. The number of nitrogens with zero attached hydrogens (tertiary/aromatic N) is 1. The molecule has 0 saturated heterocycles. The van der Waals surface area contributed by atoms with Crippen molar-refractivity contribution in [2.24, 2.45) is 0 Å². The van der Waals surface area contributed by atoms with Crippen LogP contribution in [0.5, 0.6) is 11.5 Å². The van der Waals surface area contributed by atoms with E-state index in [1.165, 1.54) is 0 Å². The van der Waals surface area contributed by atoms with Gasteiger partial charge in [-0.1, -0.05) is 18.2 Å². The molecule has 4 nitrogen and oxygen atoms in total. The Morgan fingerprint density at radius 2 is 1.85 bits per heavy atom. The maximum atomic E-state index is 5.75. The van der Waals surface area contributed by atoms with Crippen LogP contribution in [0.15, 0.2) is 42.6 Å². The third kappa shape index (κ3) is 4.24. The summed E-state index contributed by atoms with van der Waals surface area (Å²) < 4.78 is 11.3. The second kappa shape index (κ2) is 7.50. The van der Waals surface area contributed by atoms with Gasteiger partial charge in [-0.15, -0.1) is 0 Å². The lowest BCUT2D eigenvalue weighted by Gasteiger charge is -2.11. The fraction of sp³-hybridized carbons (Fsp3) is 0.312. The van der Waals surface area contributed by atoms with E-state index < -0.39 is 0 Å². The van der Waals surface area contributed by atoms with Crippen molar-refractivity contribution in [1.29, 1.82) is 0 Å². The molecule has 0 amide bonds. The SMILES string of the molecule is CNCc1ccccc1OCCOc1ccc(C)nc1. The molecule has 106 valence electrons. The molecule has 1 aromatic heterocycles. The minimum atomic E-state index is 0.499. The monoisotopic (exact) mass is 272 g/mol. The molecular weight excluding hydrogens is 252 g/mol. The number of nitrogens with one attached hydrogen (secondary N) is 1. The topological polar surface area (TPSA) is 43.4 Å². The number of rotatable bonds is 7. The lowest BCUT2D eigenvalue weighted by molar-refractivity contribution is 0.215. The highest BCUT2D eigenvalue weighted by Gasteiger charge is 2.02. The zero-order valence-electron chi connectivity index (χ0n) is 11.9. The molecule has 0 bridgehead atoms. The lowest BCUT2D eigenvalue weighted by atomic mass is 10.2.